The largest absolute Gasteiger partial charge is 0.495 e. The number of carbonyl (C=O) groups is 1. The number of nitrogens with zero attached hydrogens (tertiary/aromatic N) is 2. The average molecular weight is 420 g/mol. The second-order valence-corrected chi connectivity index (χ2v) is 7.82. The fourth-order valence-electron chi connectivity index (χ4n) is 2.77. The lowest BCUT2D eigenvalue weighted by Crippen LogP contribution is -2.32. The van der Waals surface area contributed by atoms with E-state index in [4.69, 9.17) is 21.1 Å². The van der Waals surface area contributed by atoms with Gasteiger partial charge in [0.2, 0.25) is 5.91 Å². The summed E-state index contributed by atoms with van der Waals surface area (Å²) in [5.74, 6) is 0.796. The molecule has 0 bridgehead atoms. The zero-order valence-electron chi connectivity index (χ0n) is 16.2. The zero-order chi connectivity index (χ0) is 20.3. The number of halogens is 1. The molecule has 3 aromatic rings. The molecule has 0 aliphatic heterocycles. The molecule has 0 unspecified atom stereocenters. The van der Waals surface area contributed by atoms with Crippen LogP contribution in [0.1, 0.15) is 18.0 Å². The lowest BCUT2D eigenvalue weighted by molar-refractivity contribution is -0.117. The Kier molecular flexibility index (Phi) is 6.39. The number of aromatic nitrogens is 1. The number of rotatable bonds is 7. The Morgan fingerprint density at radius 1 is 1.25 bits per heavy atom. The van der Waals surface area contributed by atoms with Gasteiger partial charge >= 0.3 is 0 Å². The van der Waals surface area contributed by atoms with E-state index in [1.165, 1.54) is 14.2 Å². The first-order valence-electron chi connectivity index (χ1n) is 8.70. The summed E-state index contributed by atoms with van der Waals surface area (Å²) in [6.45, 7) is 2.24. The van der Waals surface area contributed by atoms with Gasteiger partial charge in [-0.25, -0.2) is 4.98 Å². The first kappa shape index (κ1) is 20.4. The van der Waals surface area contributed by atoms with Crippen LogP contribution in [-0.2, 0) is 4.79 Å². The summed E-state index contributed by atoms with van der Waals surface area (Å²) >= 11 is 7.81. The molecule has 1 aromatic heterocycles. The highest BCUT2D eigenvalue weighted by atomic mass is 35.5. The van der Waals surface area contributed by atoms with E-state index < -0.39 is 0 Å². The number of ether oxygens (including phenoxy) is 2. The van der Waals surface area contributed by atoms with E-state index in [0.29, 0.717) is 22.2 Å². The number of methoxy groups -OCH3 is 2. The van der Waals surface area contributed by atoms with Gasteiger partial charge in [-0.2, -0.15) is 0 Å². The van der Waals surface area contributed by atoms with Gasteiger partial charge in [0.25, 0.3) is 0 Å². The number of thiazole rings is 1. The van der Waals surface area contributed by atoms with E-state index in [9.17, 15) is 4.79 Å². The minimum absolute atomic E-state index is 0.00417. The third kappa shape index (κ3) is 4.38. The summed E-state index contributed by atoms with van der Waals surface area (Å²) in [6.07, 6.45) is 0. The molecule has 0 saturated carbocycles. The number of hydrogen-bond donors (Lipinski definition) is 1. The highest BCUT2D eigenvalue weighted by Gasteiger charge is 2.20. The van der Waals surface area contributed by atoms with Gasteiger partial charge in [0.05, 0.1) is 47.7 Å². The number of nitrogens with one attached hydrogen (secondary N) is 1. The van der Waals surface area contributed by atoms with Crippen molar-refractivity contribution >= 4 is 44.7 Å². The van der Waals surface area contributed by atoms with Crippen LogP contribution in [-0.4, -0.2) is 43.6 Å². The third-order valence-corrected chi connectivity index (χ3v) is 5.97. The van der Waals surface area contributed by atoms with Crippen molar-refractivity contribution < 1.29 is 14.3 Å². The number of fused-ring (bicyclic) bond motifs is 1. The molecule has 28 heavy (non-hydrogen) atoms. The quantitative estimate of drug-likeness (QED) is 0.606. The molecular weight excluding hydrogens is 398 g/mol. The molecular formula is C20H22ClN3O3S. The molecule has 0 spiro atoms. The Morgan fingerprint density at radius 3 is 2.64 bits per heavy atom. The van der Waals surface area contributed by atoms with Crippen molar-refractivity contribution in [2.75, 3.05) is 33.1 Å². The topological polar surface area (TPSA) is 63.7 Å². The molecule has 0 radical (unpaired) electrons. The summed E-state index contributed by atoms with van der Waals surface area (Å²) in [4.78, 5) is 19.2. The van der Waals surface area contributed by atoms with E-state index >= 15 is 0 Å². The predicted molar refractivity (Wildman–Crippen MR) is 114 cm³/mol. The molecule has 1 atom stereocenters. The fourth-order valence-corrected chi connectivity index (χ4v) is 4.09. The van der Waals surface area contributed by atoms with Gasteiger partial charge < -0.3 is 14.8 Å². The van der Waals surface area contributed by atoms with Gasteiger partial charge in [-0.15, -0.1) is 11.3 Å². The monoisotopic (exact) mass is 419 g/mol. The maximum atomic E-state index is 12.6. The maximum absolute atomic E-state index is 12.6. The van der Waals surface area contributed by atoms with Crippen LogP contribution < -0.4 is 14.8 Å². The lowest BCUT2D eigenvalue weighted by Gasteiger charge is -2.22. The van der Waals surface area contributed by atoms with Crippen molar-refractivity contribution in [3.05, 3.63) is 46.4 Å². The number of amides is 1. The number of benzene rings is 2. The smallest absolute Gasteiger partial charge is 0.238 e. The van der Waals surface area contributed by atoms with Crippen LogP contribution in [0.2, 0.25) is 5.02 Å². The van der Waals surface area contributed by atoms with Gasteiger partial charge in [0.15, 0.2) is 0 Å². The number of carbonyl (C=O) groups excluding carboxylic acids is 1. The Hall–Kier alpha value is -2.35. The highest BCUT2D eigenvalue weighted by Crippen LogP contribution is 2.36. The fraction of sp³-hybridized carbons (Fsp3) is 0.300. The van der Waals surface area contributed by atoms with Crippen molar-refractivity contribution in [2.24, 2.45) is 0 Å². The highest BCUT2D eigenvalue weighted by molar-refractivity contribution is 7.18. The summed E-state index contributed by atoms with van der Waals surface area (Å²) in [7, 11) is 4.95. The van der Waals surface area contributed by atoms with Crippen molar-refractivity contribution in [2.45, 2.75) is 13.0 Å². The van der Waals surface area contributed by atoms with Crippen LogP contribution >= 0.6 is 22.9 Å². The van der Waals surface area contributed by atoms with Crippen molar-refractivity contribution in [3.63, 3.8) is 0 Å². The molecule has 6 nitrogen and oxygen atoms in total. The molecule has 0 fully saturated rings. The van der Waals surface area contributed by atoms with Crippen LogP contribution in [0.25, 0.3) is 10.2 Å². The van der Waals surface area contributed by atoms with Gasteiger partial charge in [0, 0.05) is 6.07 Å². The first-order chi connectivity index (χ1) is 13.4. The Morgan fingerprint density at radius 2 is 1.96 bits per heavy atom. The lowest BCUT2D eigenvalue weighted by atomic mass is 10.2. The van der Waals surface area contributed by atoms with Crippen LogP contribution in [0.3, 0.4) is 0 Å². The van der Waals surface area contributed by atoms with Crippen LogP contribution in [0.4, 0.5) is 5.69 Å². The minimum atomic E-state index is -0.171. The van der Waals surface area contributed by atoms with Gasteiger partial charge in [0.1, 0.15) is 16.5 Å². The summed E-state index contributed by atoms with van der Waals surface area (Å²) < 4.78 is 11.6. The van der Waals surface area contributed by atoms with Crippen LogP contribution in [0.15, 0.2) is 36.4 Å². The Labute approximate surface area is 173 Å². The van der Waals surface area contributed by atoms with Crippen molar-refractivity contribution in [1.29, 1.82) is 0 Å². The number of anilines is 1. The molecule has 2 aromatic carbocycles. The second kappa shape index (κ2) is 8.77. The summed E-state index contributed by atoms with van der Waals surface area (Å²) in [6, 6.07) is 11.3. The first-order valence-corrected chi connectivity index (χ1v) is 9.89. The Balaban J connectivity index is 1.69. The van der Waals surface area contributed by atoms with Gasteiger partial charge in [-0.3, -0.25) is 9.69 Å². The standard InChI is InChI=1S/C20H22ClN3O3S/c1-12(20-23-14-7-5-6-8-18(14)28-20)24(2)11-19(25)22-15-9-13(21)16(26-3)10-17(15)27-4/h5-10,12H,11H2,1-4H3,(H,22,25)/t12-/m0/s1. The van der Waals surface area contributed by atoms with E-state index in [1.807, 2.05) is 37.1 Å². The molecule has 0 saturated heterocycles. The molecule has 0 aliphatic carbocycles. The van der Waals surface area contributed by atoms with Gasteiger partial charge in [-0.05, 0) is 32.2 Å². The van der Waals surface area contributed by atoms with Gasteiger partial charge in [-0.1, -0.05) is 23.7 Å². The third-order valence-electron chi connectivity index (χ3n) is 4.47. The van der Waals surface area contributed by atoms with E-state index in [-0.39, 0.29) is 18.5 Å². The summed E-state index contributed by atoms with van der Waals surface area (Å²) in [5, 5.41) is 4.23. The number of para-hydroxylation sites is 1. The SMILES string of the molecule is COc1cc(OC)c(NC(=O)CN(C)[C@@H](C)c2nc3ccccc3s2)cc1Cl. The number of likely N-dealkylation sites (N-methyl/N-ethyl adjacent to an activating group) is 1. The predicted octanol–water partition coefficient (Wildman–Crippen LogP) is 4.60. The van der Waals surface area contributed by atoms with E-state index in [0.717, 1.165) is 15.2 Å². The Bertz CT molecular complexity index is 959. The molecule has 1 amide bonds. The minimum Gasteiger partial charge on any atom is -0.495 e. The molecule has 3 rings (SSSR count). The van der Waals surface area contributed by atoms with Crippen molar-refractivity contribution in [3.8, 4) is 11.5 Å². The normalized spacial score (nSPS) is 12.2. The summed E-state index contributed by atoms with van der Waals surface area (Å²) in [5.41, 5.74) is 1.48. The second-order valence-electron chi connectivity index (χ2n) is 6.35. The van der Waals surface area contributed by atoms with E-state index in [1.54, 1.807) is 23.5 Å². The van der Waals surface area contributed by atoms with Crippen LogP contribution in [0, 0.1) is 0 Å². The zero-order valence-corrected chi connectivity index (χ0v) is 17.7. The molecule has 0 aliphatic rings. The molecule has 1 heterocycles. The average Bonchev–Trinajstić information content (AvgIpc) is 3.11. The molecule has 148 valence electrons. The molecule has 1 N–H and O–H groups in total. The van der Waals surface area contributed by atoms with E-state index in [2.05, 4.69) is 16.4 Å². The number of hydrogen-bond acceptors (Lipinski definition) is 6. The molecule has 8 heteroatoms. The van der Waals surface area contributed by atoms with Crippen LogP contribution in [0.5, 0.6) is 11.5 Å². The van der Waals surface area contributed by atoms with Crippen molar-refractivity contribution in [1.82, 2.24) is 9.88 Å². The maximum Gasteiger partial charge on any atom is 0.238 e.